The van der Waals surface area contributed by atoms with Gasteiger partial charge in [0.1, 0.15) is 19.8 Å². The van der Waals surface area contributed by atoms with Gasteiger partial charge >= 0.3 is 19.8 Å². The number of ether oxygens (including phenoxy) is 2. The zero-order chi connectivity index (χ0) is 41.4. The van der Waals surface area contributed by atoms with Gasteiger partial charge in [-0.15, -0.1) is 0 Å². The molecule has 0 aromatic carbocycles. The minimum atomic E-state index is -4.39. The number of esters is 2. The number of hydrogen-bond acceptors (Lipinski definition) is 7. The Bertz CT molecular complexity index is 1230. The standard InChI is InChI=1S/C46H78NO8P/c1-6-8-10-12-14-16-17-18-19-20-21-22-23-24-25-26-27-28-29-31-33-35-37-39-46(49)55-44(43-54-56(50,51)53-41-40-47(3,4)5)42-52-45(48)38-36-34-32-30-15-13-11-9-7-2/h8,10,14,16,18-19,21-22,24-25,27-28,31,33,44H,6-7,9,11-13,15,17,20,23,26,29-30,32,34-43H2,1-5H3/p+1/b10-8-,16-14-,19-18-,22-21-,25-24-,28-27-,33-31-. The maximum Gasteiger partial charge on any atom is 0.472 e. The lowest BCUT2D eigenvalue weighted by Crippen LogP contribution is -2.37. The second-order valence-electron chi connectivity index (χ2n) is 15.0. The molecule has 56 heavy (non-hydrogen) atoms. The largest absolute Gasteiger partial charge is 0.472 e. The average Bonchev–Trinajstić information content (AvgIpc) is 3.15. The summed E-state index contributed by atoms with van der Waals surface area (Å²) in [6, 6.07) is 0. The molecule has 0 bridgehead atoms. The summed E-state index contributed by atoms with van der Waals surface area (Å²) in [4.78, 5) is 35.2. The summed E-state index contributed by atoms with van der Waals surface area (Å²) in [5.41, 5.74) is 0. The number of carbonyl (C=O) groups excluding carboxylic acids is 2. The Labute approximate surface area is 341 Å². The Morgan fingerprint density at radius 3 is 1.50 bits per heavy atom. The van der Waals surface area contributed by atoms with Crippen molar-refractivity contribution >= 4 is 19.8 Å². The number of allylic oxidation sites excluding steroid dienone is 14. The molecule has 0 spiro atoms. The molecule has 10 heteroatoms. The van der Waals surface area contributed by atoms with Crippen LogP contribution in [-0.4, -0.2) is 74.9 Å². The molecule has 0 saturated heterocycles. The van der Waals surface area contributed by atoms with E-state index < -0.39 is 32.5 Å². The van der Waals surface area contributed by atoms with Gasteiger partial charge in [0, 0.05) is 12.8 Å². The van der Waals surface area contributed by atoms with Crippen molar-refractivity contribution < 1.29 is 42.1 Å². The third-order valence-corrected chi connectivity index (χ3v) is 9.42. The fraction of sp³-hybridized carbons (Fsp3) is 0.652. The third kappa shape index (κ3) is 40.8. The van der Waals surface area contributed by atoms with Crippen LogP contribution in [0.1, 0.15) is 142 Å². The van der Waals surface area contributed by atoms with Gasteiger partial charge in [0.15, 0.2) is 6.10 Å². The van der Waals surface area contributed by atoms with E-state index >= 15 is 0 Å². The summed E-state index contributed by atoms with van der Waals surface area (Å²) in [5, 5.41) is 0. The second-order valence-corrected chi connectivity index (χ2v) is 16.5. The normalized spacial score (nSPS) is 14.5. The van der Waals surface area contributed by atoms with Crippen LogP contribution in [0.4, 0.5) is 0 Å². The Kier molecular flexibility index (Phi) is 35.9. The van der Waals surface area contributed by atoms with Crippen LogP contribution in [0.5, 0.6) is 0 Å². The van der Waals surface area contributed by atoms with Crippen molar-refractivity contribution in [3.63, 3.8) is 0 Å². The predicted octanol–water partition coefficient (Wildman–Crippen LogP) is 12.0. The smallest absolute Gasteiger partial charge is 0.462 e. The van der Waals surface area contributed by atoms with Gasteiger partial charge in [0.2, 0.25) is 0 Å². The Morgan fingerprint density at radius 2 is 1.02 bits per heavy atom. The monoisotopic (exact) mass is 805 g/mol. The summed E-state index contributed by atoms with van der Waals surface area (Å²) >= 11 is 0. The molecule has 1 N–H and O–H groups in total. The van der Waals surface area contributed by atoms with Crippen LogP contribution in [0.15, 0.2) is 85.1 Å². The van der Waals surface area contributed by atoms with Crippen molar-refractivity contribution in [1.82, 2.24) is 0 Å². The van der Waals surface area contributed by atoms with Gasteiger partial charge in [0.05, 0.1) is 27.7 Å². The number of phosphoric acid groups is 1. The molecule has 0 aliphatic carbocycles. The molecule has 0 fully saturated rings. The van der Waals surface area contributed by atoms with Crippen LogP contribution in [-0.2, 0) is 32.7 Å². The number of nitrogens with zero attached hydrogens (tertiary/aromatic N) is 1. The van der Waals surface area contributed by atoms with Gasteiger partial charge in [-0.3, -0.25) is 18.6 Å². The molecule has 0 aromatic heterocycles. The highest BCUT2D eigenvalue weighted by Gasteiger charge is 2.27. The fourth-order valence-electron chi connectivity index (χ4n) is 5.12. The lowest BCUT2D eigenvalue weighted by molar-refractivity contribution is -0.870. The van der Waals surface area contributed by atoms with E-state index in [1.165, 1.54) is 38.5 Å². The van der Waals surface area contributed by atoms with Gasteiger partial charge in [0.25, 0.3) is 0 Å². The van der Waals surface area contributed by atoms with Crippen molar-refractivity contribution in [3.8, 4) is 0 Å². The van der Waals surface area contributed by atoms with E-state index in [1.807, 2.05) is 27.2 Å². The molecule has 320 valence electrons. The fourth-order valence-corrected chi connectivity index (χ4v) is 5.86. The second kappa shape index (κ2) is 37.7. The van der Waals surface area contributed by atoms with Gasteiger partial charge in [-0.2, -0.15) is 0 Å². The number of carbonyl (C=O) groups is 2. The first kappa shape index (κ1) is 53.2. The van der Waals surface area contributed by atoms with Gasteiger partial charge in [-0.05, 0) is 64.2 Å². The number of quaternary nitrogens is 1. The maximum absolute atomic E-state index is 12.6. The highest BCUT2D eigenvalue weighted by atomic mass is 31.2. The zero-order valence-corrected chi connectivity index (χ0v) is 36.7. The number of phosphoric ester groups is 1. The molecule has 0 saturated carbocycles. The van der Waals surface area contributed by atoms with E-state index in [0.29, 0.717) is 23.9 Å². The average molecular weight is 805 g/mol. The molecule has 0 heterocycles. The van der Waals surface area contributed by atoms with Crippen molar-refractivity contribution in [2.45, 2.75) is 148 Å². The van der Waals surface area contributed by atoms with Gasteiger partial charge in [-0.1, -0.05) is 150 Å². The molecular weight excluding hydrogens is 725 g/mol. The van der Waals surface area contributed by atoms with Crippen LogP contribution < -0.4 is 0 Å². The van der Waals surface area contributed by atoms with Gasteiger partial charge < -0.3 is 18.9 Å². The minimum Gasteiger partial charge on any atom is -0.462 e. The maximum atomic E-state index is 12.6. The van der Waals surface area contributed by atoms with E-state index in [-0.39, 0.29) is 26.1 Å². The molecular formula is C46H79NO8P+. The molecule has 0 aromatic rings. The van der Waals surface area contributed by atoms with Crippen LogP contribution in [0.2, 0.25) is 0 Å². The van der Waals surface area contributed by atoms with Crippen molar-refractivity contribution in [3.05, 3.63) is 85.1 Å². The van der Waals surface area contributed by atoms with Gasteiger partial charge in [-0.25, -0.2) is 4.57 Å². The summed E-state index contributed by atoms with van der Waals surface area (Å²) in [6.07, 6.45) is 47.9. The molecule has 9 nitrogen and oxygen atoms in total. The molecule has 0 aliphatic rings. The zero-order valence-electron chi connectivity index (χ0n) is 35.8. The molecule has 2 atom stereocenters. The molecule has 0 rings (SSSR count). The molecule has 0 amide bonds. The van der Waals surface area contributed by atoms with Crippen molar-refractivity contribution in [1.29, 1.82) is 0 Å². The predicted molar refractivity (Wildman–Crippen MR) is 233 cm³/mol. The molecule has 0 aliphatic heterocycles. The van der Waals surface area contributed by atoms with E-state index in [1.54, 1.807) is 0 Å². The SMILES string of the molecule is CC/C=C\C/C=C\C/C=C\C/C=C\C/C=C\C/C=C\C/C=C\CCCC(=O)OC(COC(=O)CCCCCCCCCCC)COP(=O)(O)OCC[N+](C)(C)C. The topological polar surface area (TPSA) is 108 Å². The number of likely N-dealkylation sites (N-methyl/N-ethyl adjacent to an activating group) is 1. The van der Waals surface area contributed by atoms with Crippen molar-refractivity contribution in [2.75, 3.05) is 47.5 Å². The number of hydrogen-bond donors (Lipinski definition) is 1. The van der Waals surface area contributed by atoms with Crippen LogP contribution in [0.3, 0.4) is 0 Å². The van der Waals surface area contributed by atoms with Crippen LogP contribution in [0.25, 0.3) is 0 Å². The molecule has 2 unspecified atom stereocenters. The summed E-state index contributed by atoms with van der Waals surface area (Å²) < 4.78 is 34.1. The minimum absolute atomic E-state index is 0.0169. The summed E-state index contributed by atoms with van der Waals surface area (Å²) in [7, 11) is 1.42. The first-order valence-corrected chi connectivity index (χ1v) is 22.8. The summed E-state index contributed by atoms with van der Waals surface area (Å²) in [6.45, 7) is 4.19. The quantitative estimate of drug-likeness (QED) is 0.0217. The Balaban J connectivity index is 4.45. The lowest BCUT2D eigenvalue weighted by atomic mass is 10.1. The molecule has 0 radical (unpaired) electrons. The highest BCUT2D eigenvalue weighted by molar-refractivity contribution is 7.47. The lowest BCUT2D eigenvalue weighted by Gasteiger charge is -2.24. The van der Waals surface area contributed by atoms with Crippen LogP contribution in [0, 0.1) is 0 Å². The van der Waals surface area contributed by atoms with E-state index in [4.69, 9.17) is 18.5 Å². The Morgan fingerprint density at radius 1 is 0.571 bits per heavy atom. The van der Waals surface area contributed by atoms with E-state index in [0.717, 1.165) is 64.2 Å². The van der Waals surface area contributed by atoms with E-state index in [2.05, 4.69) is 92.8 Å². The number of rotatable bonds is 37. The first-order valence-electron chi connectivity index (χ1n) is 21.3. The van der Waals surface area contributed by atoms with Crippen molar-refractivity contribution in [2.24, 2.45) is 0 Å². The third-order valence-electron chi connectivity index (χ3n) is 8.44. The van der Waals surface area contributed by atoms with E-state index in [9.17, 15) is 19.0 Å². The Hall–Kier alpha value is -2.81. The summed E-state index contributed by atoms with van der Waals surface area (Å²) in [5.74, 6) is -0.880. The highest BCUT2D eigenvalue weighted by Crippen LogP contribution is 2.43. The first-order chi connectivity index (χ1) is 27.0. The number of unbranched alkanes of at least 4 members (excludes halogenated alkanes) is 9. The van der Waals surface area contributed by atoms with Crippen LogP contribution >= 0.6 is 7.82 Å².